The zero-order chi connectivity index (χ0) is 21.3. The summed E-state index contributed by atoms with van der Waals surface area (Å²) >= 11 is 0. The Morgan fingerprint density at radius 3 is 2.77 bits per heavy atom. The number of methoxy groups -OCH3 is 1. The van der Waals surface area contributed by atoms with Crippen molar-refractivity contribution in [3.05, 3.63) is 60.0 Å². The lowest BCUT2D eigenvalue weighted by Gasteiger charge is -2.30. The first-order chi connectivity index (χ1) is 14.4. The van der Waals surface area contributed by atoms with Gasteiger partial charge in [-0.25, -0.2) is 17.2 Å². The third kappa shape index (κ3) is 3.91. The molecule has 0 aliphatic carbocycles. The molecule has 1 aliphatic rings. The molecule has 1 unspecified atom stereocenters. The van der Waals surface area contributed by atoms with E-state index in [1.807, 2.05) is 0 Å². The van der Waals surface area contributed by atoms with Crippen molar-refractivity contribution in [2.75, 3.05) is 26.8 Å². The van der Waals surface area contributed by atoms with E-state index in [0.717, 1.165) is 16.4 Å². The Kier molecular flexibility index (Phi) is 5.50. The fourth-order valence-electron chi connectivity index (χ4n) is 3.03. The number of sulfonamides is 1. The van der Waals surface area contributed by atoms with Crippen molar-refractivity contribution in [2.45, 2.75) is 11.0 Å². The lowest BCUT2D eigenvalue weighted by molar-refractivity contribution is -0.0199. The Labute approximate surface area is 171 Å². The number of nitrogens with zero attached hydrogens (tertiary/aromatic N) is 3. The van der Waals surface area contributed by atoms with E-state index in [1.165, 1.54) is 0 Å². The zero-order valence-corrected chi connectivity index (χ0v) is 16.6. The van der Waals surface area contributed by atoms with E-state index in [1.54, 1.807) is 31.4 Å². The summed E-state index contributed by atoms with van der Waals surface area (Å²) in [5, 5.41) is 3.92. The van der Waals surface area contributed by atoms with Crippen molar-refractivity contribution in [3.8, 4) is 17.1 Å². The molecule has 4 rings (SSSR count). The van der Waals surface area contributed by atoms with Crippen LogP contribution in [0.3, 0.4) is 0 Å². The molecule has 8 nitrogen and oxygen atoms in total. The Bertz CT molecular complexity index is 1170. The first-order valence-electron chi connectivity index (χ1n) is 8.93. The van der Waals surface area contributed by atoms with Gasteiger partial charge in [0.1, 0.15) is 5.75 Å². The molecule has 0 amide bonds. The van der Waals surface area contributed by atoms with Gasteiger partial charge in [-0.2, -0.15) is 9.29 Å². The summed E-state index contributed by atoms with van der Waals surface area (Å²) in [6.07, 6.45) is -0.800. The number of halogens is 2. The van der Waals surface area contributed by atoms with Crippen LogP contribution < -0.4 is 4.74 Å². The van der Waals surface area contributed by atoms with Gasteiger partial charge in [0.15, 0.2) is 17.7 Å². The molecule has 0 N–H and O–H groups in total. The smallest absolute Gasteiger partial charge is 0.257 e. The second-order valence-corrected chi connectivity index (χ2v) is 8.42. The Morgan fingerprint density at radius 2 is 2.00 bits per heavy atom. The van der Waals surface area contributed by atoms with E-state index in [9.17, 15) is 17.2 Å². The van der Waals surface area contributed by atoms with Crippen molar-refractivity contribution in [1.29, 1.82) is 0 Å². The maximum absolute atomic E-state index is 13.5. The number of ether oxygens (including phenoxy) is 2. The first-order valence-corrected chi connectivity index (χ1v) is 10.4. The van der Waals surface area contributed by atoms with Gasteiger partial charge in [0.05, 0.1) is 18.6 Å². The highest BCUT2D eigenvalue weighted by molar-refractivity contribution is 7.89. The molecule has 3 aromatic rings. The molecule has 11 heteroatoms. The van der Waals surface area contributed by atoms with Crippen LogP contribution >= 0.6 is 0 Å². The topological polar surface area (TPSA) is 94.8 Å². The number of hydrogen-bond acceptors (Lipinski definition) is 7. The van der Waals surface area contributed by atoms with Gasteiger partial charge >= 0.3 is 0 Å². The standard InChI is InChI=1S/C19H17F2N3O5S/c1-27-13-4-2-3-12(9-13)18-22-19(29-23-18)17-11-24(7-8-28-17)30(25,26)14-5-6-15(20)16(21)10-14/h2-6,9-10,17H,7-8,11H2,1H3. The molecule has 1 aliphatic heterocycles. The number of aromatic nitrogens is 2. The minimum Gasteiger partial charge on any atom is -0.497 e. The minimum absolute atomic E-state index is 0.0503. The van der Waals surface area contributed by atoms with Crippen molar-refractivity contribution in [3.63, 3.8) is 0 Å². The molecule has 158 valence electrons. The summed E-state index contributed by atoms with van der Waals surface area (Å²) in [6, 6.07) is 9.51. The average molecular weight is 437 g/mol. The molecule has 1 aromatic heterocycles. The number of rotatable bonds is 5. The molecule has 0 bridgehead atoms. The first kappa shape index (κ1) is 20.4. The zero-order valence-electron chi connectivity index (χ0n) is 15.8. The van der Waals surface area contributed by atoms with Crippen molar-refractivity contribution in [2.24, 2.45) is 0 Å². The van der Waals surface area contributed by atoms with E-state index in [-0.39, 0.29) is 30.5 Å². The van der Waals surface area contributed by atoms with E-state index < -0.39 is 27.8 Å². The number of benzene rings is 2. The summed E-state index contributed by atoms with van der Waals surface area (Å²) in [5.41, 5.74) is 0.659. The van der Waals surface area contributed by atoms with Crippen molar-refractivity contribution >= 4 is 10.0 Å². The summed E-state index contributed by atoms with van der Waals surface area (Å²) < 4.78 is 69.5. The van der Waals surface area contributed by atoms with Crippen LogP contribution in [0.4, 0.5) is 8.78 Å². The fourth-order valence-corrected chi connectivity index (χ4v) is 4.46. The van der Waals surface area contributed by atoms with E-state index in [2.05, 4.69) is 10.1 Å². The third-order valence-corrected chi connectivity index (χ3v) is 6.46. The molecule has 1 saturated heterocycles. The normalized spacial score (nSPS) is 17.8. The summed E-state index contributed by atoms with van der Waals surface area (Å²) in [7, 11) is -2.52. The highest BCUT2D eigenvalue weighted by atomic mass is 32.2. The van der Waals surface area contributed by atoms with Crippen LogP contribution in [0.1, 0.15) is 12.0 Å². The van der Waals surface area contributed by atoms with Crippen LogP contribution in [0, 0.1) is 11.6 Å². The second kappa shape index (κ2) is 8.09. The van der Waals surface area contributed by atoms with Gasteiger partial charge in [0.25, 0.3) is 5.89 Å². The fraction of sp³-hybridized carbons (Fsp3) is 0.263. The second-order valence-electron chi connectivity index (χ2n) is 6.49. The summed E-state index contributed by atoms with van der Waals surface area (Å²) in [4.78, 5) is 3.96. The molecule has 2 heterocycles. The summed E-state index contributed by atoms with van der Waals surface area (Å²) in [6.45, 7) is 0.0141. The lowest BCUT2D eigenvalue weighted by Crippen LogP contribution is -2.42. The predicted molar refractivity (Wildman–Crippen MR) is 100 cm³/mol. The van der Waals surface area contributed by atoms with Crippen LogP contribution in [0.2, 0.25) is 0 Å². The summed E-state index contributed by atoms with van der Waals surface area (Å²) in [5.74, 6) is -1.33. The van der Waals surface area contributed by atoms with Crippen LogP contribution in [-0.4, -0.2) is 49.7 Å². The Morgan fingerprint density at radius 1 is 1.17 bits per heavy atom. The van der Waals surface area contributed by atoms with E-state index in [4.69, 9.17) is 14.0 Å². The molecule has 2 aromatic carbocycles. The van der Waals surface area contributed by atoms with Gasteiger partial charge in [-0.3, -0.25) is 0 Å². The molecule has 0 spiro atoms. The van der Waals surface area contributed by atoms with Crippen LogP contribution in [-0.2, 0) is 14.8 Å². The van der Waals surface area contributed by atoms with Gasteiger partial charge in [-0.05, 0) is 30.3 Å². The van der Waals surface area contributed by atoms with Crippen molar-refractivity contribution in [1.82, 2.24) is 14.4 Å². The average Bonchev–Trinajstić information content (AvgIpc) is 3.26. The molecule has 30 heavy (non-hydrogen) atoms. The molecule has 0 saturated carbocycles. The van der Waals surface area contributed by atoms with Gasteiger partial charge in [0, 0.05) is 18.7 Å². The monoisotopic (exact) mass is 437 g/mol. The molecular formula is C19H17F2N3O5S. The predicted octanol–water partition coefficient (Wildman–Crippen LogP) is 2.79. The van der Waals surface area contributed by atoms with Gasteiger partial charge in [-0.1, -0.05) is 17.3 Å². The van der Waals surface area contributed by atoms with Gasteiger partial charge in [-0.15, -0.1) is 0 Å². The number of hydrogen-bond donors (Lipinski definition) is 0. The maximum Gasteiger partial charge on any atom is 0.257 e. The van der Waals surface area contributed by atoms with Gasteiger partial charge < -0.3 is 14.0 Å². The lowest BCUT2D eigenvalue weighted by atomic mass is 10.2. The highest BCUT2D eigenvalue weighted by Gasteiger charge is 2.34. The van der Waals surface area contributed by atoms with E-state index in [0.29, 0.717) is 23.2 Å². The maximum atomic E-state index is 13.5. The van der Waals surface area contributed by atoms with Crippen molar-refractivity contribution < 1.29 is 31.2 Å². The molecular weight excluding hydrogens is 420 g/mol. The highest BCUT2D eigenvalue weighted by Crippen LogP contribution is 2.28. The molecule has 0 radical (unpaired) electrons. The van der Waals surface area contributed by atoms with Crippen LogP contribution in [0.25, 0.3) is 11.4 Å². The Balaban J connectivity index is 1.55. The SMILES string of the molecule is COc1cccc(-c2noc(C3CN(S(=O)(=O)c4ccc(F)c(F)c4)CCO3)n2)c1. The van der Waals surface area contributed by atoms with Crippen LogP contribution in [0.5, 0.6) is 5.75 Å². The third-order valence-electron chi connectivity index (χ3n) is 4.60. The quantitative estimate of drug-likeness (QED) is 0.606. The molecule has 1 fully saturated rings. The minimum atomic E-state index is -4.06. The molecule has 1 atom stereocenters. The largest absolute Gasteiger partial charge is 0.497 e. The number of morpholine rings is 1. The van der Waals surface area contributed by atoms with Gasteiger partial charge in [0.2, 0.25) is 15.8 Å². The Hall–Kier alpha value is -2.89. The van der Waals surface area contributed by atoms with E-state index >= 15 is 0 Å². The van der Waals surface area contributed by atoms with Crippen LogP contribution in [0.15, 0.2) is 51.9 Å².